The first-order chi connectivity index (χ1) is 8.88. The summed E-state index contributed by atoms with van der Waals surface area (Å²) in [6, 6.07) is 6.80. The molecule has 0 saturated heterocycles. The molecule has 0 spiro atoms. The van der Waals surface area contributed by atoms with Crippen LogP contribution < -0.4 is 10.5 Å². The maximum Gasteiger partial charge on any atom is 0.243 e. The van der Waals surface area contributed by atoms with Crippen LogP contribution in [0.4, 0.5) is 10.1 Å². The number of rotatable bonds is 4. The van der Waals surface area contributed by atoms with Gasteiger partial charge in [-0.05, 0) is 30.3 Å². The molecule has 0 saturated carbocycles. The number of hydrogen-bond donors (Lipinski definition) is 2. The summed E-state index contributed by atoms with van der Waals surface area (Å²) in [7, 11) is -3.91. The van der Waals surface area contributed by atoms with Crippen LogP contribution in [0.3, 0.4) is 0 Å². The van der Waals surface area contributed by atoms with Crippen LogP contribution >= 0.6 is 22.9 Å². The van der Waals surface area contributed by atoms with Gasteiger partial charge in [0.25, 0.3) is 0 Å². The molecule has 2 rings (SSSR count). The lowest BCUT2D eigenvalue weighted by atomic mass is 10.3. The van der Waals surface area contributed by atoms with Crippen molar-refractivity contribution in [3.63, 3.8) is 0 Å². The zero-order chi connectivity index (χ0) is 14.0. The van der Waals surface area contributed by atoms with Gasteiger partial charge in [-0.25, -0.2) is 17.5 Å². The van der Waals surface area contributed by atoms with Crippen molar-refractivity contribution in [2.75, 3.05) is 5.73 Å². The first-order valence-corrected chi connectivity index (χ1v) is 7.85. The molecule has 0 bridgehead atoms. The molecule has 0 aliphatic carbocycles. The molecule has 0 unspecified atom stereocenters. The molecule has 0 atom stereocenters. The van der Waals surface area contributed by atoms with Gasteiger partial charge in [0.1, 0.15) is 10.7 Å². The molecular formula is C11H10ClFN2O2S2. The monoisotopic (exact) mass is 320 g/mol. The molecule has 1 heterocycles. The van der Waals surface area contributed by atoms with Gasteiger partial charge < -0.3 is 5.73 Å². The fraction of sp³-hybridized carbons (Fsp3) is 0.0909. The van der Waals surface area contributed by atoms with E-state index in [4.69, 9.17) is 17.3 Å². The maximum atomic E-state index is 13.6. The van der Waals surface area contributed by atoms with Gasteiger partial charge in [0, 0.05) is 17.1 Å². The van der Waals surface area contributed by atoms with E-state index in [0.29, 0.717) is 4.34 Å². The van der Waals surface area contributed by atoms with E-state index in [2.05, 4.69) is 4.72 Å². The normalized spacial score (nSPS) is 11.7. The summed E-state index contributed by atoms with van der Waals surface area (Å²) < 4.78 is 40.3. The molecular weight excluding hydrogens is 311 g/mol. The Bertz CT molecular complexity index is 700. The predicted octanol–water partition coefficient (Wildman–Crippen LogP) is 2.60. The summed E-state index contributed by atoms with van der Waals surface area (Å²) in [5.74, 6) is -0.878. The van der Waals surface area contributed by atoms with Gasteiger partial charge in [-0.3, -0.25) is 0 Å². The van der Waals surface area contributed by atoms with Crippen molar-refractivity contribution in [3.05, 3.63) is 45.4 Å². The van der Waals surface area contributed by atoms with Crippen LogP contribution in [0, 0.1) is 5.82 Å². The number of sulfonamides is 1. The molecule has 0 radical (unpaired) electrons. The Morgan fingerprint density at radius 3 is 2.63 bits per heavy atom. The fourth-order valence-corrected chi connectivity index (χ4v) is 3.61. The van der Waals surface area contributed by atoms with Crippen molar-refractivity contribution in [1.82, 2.24) is 4.72 Å². The third-order valence-corrected chi connectivity index (χ3v) is 4.98. The maximum absolute atomic E-state index is 13.6. The first kappa shape index (κ1) is 14.3. The lowest BCUT2D eigenvalue weighted by Gasteiger charge is -2.07. The predicted molar refractivity (Wildman–Crippen MR) is 74.2 cm³/mol. The number of thiophene rings is 1. The summed E-state index contributed by atoms with van der Waals surface area (Å²) in [5.41, 5.74) is 5.54. The van der Waals surface area contributed by atoms with E-state index in [1.807, 2.05) is 0 Å². The van der Waals surface area contributed by atoms with Crippen molar-refractivity contribution in [2.24, 2.45) is 0 Å². The highest BCUT2D eigenvalue weighted by atomic mass is 35.5. The molecule has 102 valence electrons. The highest BCUT2D eigenvalue weighted by molar-refractivity contribution is 7.89. The van der Waals surface area contributed by atoms with E-state index in [-0.39, 0.29) is 12.2 Å². The van der Waals surface area contributed by atoms with Crippen molar-refractivity contribution in [2.45, 2.75) is 11.4 Å². The average Bonchev–Trinajstić information content (AvgIpc) is 2.72. The van der Waals surface area contributed by atoms with Crippen LogP contribution in [0.2, 0.25) is 4.34 Å². The van der Waals surface area contributed by atoms with Crippen molar-refractivity contribution >= 4 is 38.6 Å². The van der Waals surface area contributed by atoms with Gasteiger partial charge in [0.2, 0.25) is 10.0 Å². The largest absolute Gasteiger partial charge is 0.399 e. The smallest absolute Gasteiger partial charge is 0.243 e. The summed E-state index contributed by atoms with van der Waals surface area (Å²) >= 11 is 6.99. The first-order valence-electron chi connectivity index (χ1n) is 5.17. The molecule has 0 aliphatic rings. The van der Waals surface area contributed by atoms with Crippen LogP contribution in [-0.4, -0.2) is 8.42 Å². The van der Waals surface area contributed by atoms with Crippen molar-refractivity contribution in [1.29, 1.82) is 0 Å². The summed E-state index contributed by atoms with van der Waals surface area (Å²) in [5, 5.41) is 0. The zero-order valence-corrected chi connectivity index (χ0v) is 11.9. The Hall–Kier alpha value is -1.15. The van der Waals surface area contributed by atoms with E-state index >= 15 is 0 Å². The van der Waals surface area contributed by atoms with Crippen LogP contribution in [0.25, 0.3) is 0 Å². The van der Waals surface area contributed by atoms with Crippen LogP contribution in [0.1, 0.15) is 4.88 Å². The van der Waals surface area contributed by atoms with Gasteiger partial charge in [-0.2, -0.15) is 0 Å². The molecule has 0 fully saturated rings. The van der Waals surface area contributed by atoms with Crippen LogP contribution in [0.15, 0.2) is 35.2 Å². The van der Waals surface area contributed by atoms with Gasteiger partial charge in [-0.1, -0.05) is 11.6 Å². The Balaban J connectivity index is 2.18. The second kappa shape index (κ2) is 5.46. The molecule has 2 aromatic rings. The number of halogens is 2. The van der Waals surface area contributed by atoms with Gasteiger partial charge >= 0.3 is 0 Å². The van der Waals surface area contributed by atoms with E-state index in [9.17, 15) is 12.8 Å². The molecule has 0 aliphatic heterocycles. The molecule has 3 N–H and O–H groups in total. The number of benzene rings is 1. The molecule has 4 nitrogen and oxygen atoms in total. The lowest BCUT2D eigenvalue weighted by molar-refractivity contribution is 0.557. The molecule has 19 heavy (non-hydrogen) atoms. The fourth-order valence-electron chi connectivity index (χ4n) is 1.43. The van der Waals surface area contributed by atoms with Crippen LogP contribution in [-0.2, 0) is 16.6 Å². The Labute approximate surface area is 119 Å². The molecule has 8 heteroatoms. The minimum Gasteiger partial charge on any atom is -0.399 e. The van der Waals surface area contributed by atoms with E-state index in [1.165, 1.54) is 17.4 Å². The Morgan fingerprint density at radius 2 is 2.05 bits per heavy atom. The Morgan fingerprint density at radius 1 is 1.32 bits per heavy atom. The van der Waals surface area contributed by atoms with Gasteiger partial charge in [-0.15, -0.1) is 11.3 Å². The highest BCUT2D eigenvalue weighted by Gasteiger charge is 2.19. The number of hydrogen-bond acceptors (Lipinski definition) is 4. The zero-order valence-electron chi connectivity index (χ0n) is 9.56. The SMILES string of the molecule is Nc1ccc(S(=O)(=O)NCc2ccc(Cl)s2)c(F)c1. The quantitative estimate of drug-likeness (QED) is 0.851. The van der Waals surface area contributed by atoms with Crippen molar-refractivity contribution < 1.29 is 12.8 Å². The third kappa shape index (κ3) is 3.44. The van der Waals surface area contributed by atoms with E-state index in [1.54, 1.807) is 12.1 Å². The minimum absolute atomic E-state index is 0.0591. The summed E-state index contributed by atoms with van der Waals surface area (Å²) in [6.07, 6.45) is 0. The number of nitrogens with two attached hydrogens (primary N) is 1. The number of nitrogen functional groups attached to an aromatic ring is 1. The average molecular weight is 321 g/mol. The standard InChI is InChI=1S/C11H10ClFN2O2S2/c12-11-4-2-8(18-11)6-15-19(16,17)10-3-1-7(14)5-9(10)13/h1-5,15H,6,14H2. The van der Waals surface area contributed by atoms with E-state index in [0.717, 1.165) is 17.0 Å². The lowest BCUT2D eigenvalue weighted by Crippen LogP contribution is -2.23. The highest BCUT2D eigenvalue weighted by Crippen LogP contribution is 2.22. The van der Waals surface area contributed by atoms with Gasteiger partial charge in [0.05, 0.1) is 4.34 Å². The second-order valence-electron chi connectivity index (χ2n) is 3.72. The molecule has 0 amide bonds. The Kier molecular flexibility index (Phi) is 4.10. The molecule has 1 aromatic carbocycles. The number of anilines is 1. The van der Waals surface area contributed by atoms with Crippen LogP contribution in [0.5, 0.6) is 0 Å². The topological polar surface area (TPSA) is 72.2 Å². The second-order valence-corrected chi connectivity index (χ2v) is 7.26. The molecule has 1 aromatic heterocycles. The van der Waals surface area contributed by atoms with E-state index < -0.39 is 20.7 Å². The number of nitrogens with one attached hydrogen (secondary N) is 1. The summed E-state index contributed by atoms with van der Waals surface area (Å²) in [6.45, 7) is 0.0591. The third-order valence-electron chi connectivity index (χ3n) is 2.31. The minimum atomic E-state index is -3.91. The summed E-state index contributed by atoms with van der Waals surface area (Å²) in [4.78, 5) is 0.314. The van der Waals surface area contributed by atoms with Gasteiger partial charge in [0.15, 0.2) is 0 Å². The van der Waals surface area contributed by atoms with Crippen molar-refractivity contribution in [3.8, 4) is 0 Å².